The van der Waals surface area contributed by atoms with Crippen LogP contribution in [0.1, 0.15) is 19.4 Å². The molecule has 0 unspecified atom stereocenters. The van der Waals surface area contributed by atoms with Crippen LogP contribution < -0.4 is 34.9 Å². The van der Waals surface area contributed by atoms with E-state index in [-0.39, 0.29) is 34.5 Å². The zero-order valence-electron chi connectivity index (χ0n) is 12.8. The fourth-order valence-corrected chi connectivity index (χ4v) is 2.53. The van der Waals surface area contributed by atoms with Crippen molar-refractivity contribution >= 4 is 21.8 Å². The number of nitrogens with one attached hydrogen (secondary N) is 1. The van der Waals surface area contributed by atoms with Crippen molar-refractivity contribution in [3.05, 3.63) is 34.1 Å². The van der Waals surface area contributed by atoms with E-state index < -0.39 is 10.0 Å². The van der Waals surface area contributed by atoms with Crippen molar-refractivity contribution in [3.8, 4) is 0 Å². The number of rotatable bonds is 2. The summed E-state index contributed by atoms with van der Waals surface area (Å²) < 4.78 is 30.2. The number of hydrogen-bond donors (Lipinski definition) is 1. The summed E-state index contributed by atoms with van der Waals surface area (Å²) in [5.74, 6) is 0. The van der Waals surface area contributed by atoms with Crippen LogP contribution in [0.25, 0.3) is 4.24 Å². The standard InChI is InChI=1S/C7H7ClNO2S.C6H13NO.Na/c1-6-2-4-7(5-3-6)12(10,11)9-8;1-5-3-7-4-6(2)8-5;/h2-5H,1H3;5-7H,3-4H2,1-2H3;/q-1;;+1/t;5-,6-;/m.1./s1. The Bertz CT molecular complexity index is 503. The summed E-state index contributed by atoms with van der Waals surface area (Å²) in [6.45, 7) is 8.05. The smallest absolute Gasteiger partial charge is 0.458 e. The molecule has 0 spiro atoms. The minimum Gasteiger partial charge on any atom is -0.458 e. The maximum absolute atomic E-state index is 11.0. The summed E-state index contributed by atoms with van der Waals surface area (Å²) in [6, 6.07) is 6.32. The third-order valence-electron chi connectivity index (χ3n) is 2.74. The van der Waals surface area contributed by atoms with E-state index >= 15 is 0 Å². The molecule has 1 aliphatic heterocycles. The van der Waals surface area contributed by atoms with E-state index in [1.165, 1.54) is 12.1 Å². The number of sulfonamides is 1. The van der Waals surface area contributed by atoms with E-state index in [2.05, 4.69) is 23.4 Å². The molecule has 2 rings (SSSR count). The Balaban J connectivity index is 0.000000390. The zero-order valence-corrected chi connectivity index (χ0v) is 16.4. The first-order valence-corrected chi connectivity index (χ1v) is 8.14. The van der Waals surface area contributed by atoms with Crippen molar-refractivity contribution in [2.45, 2.75) is 37.9 Å². The van der Waals surface area contributed by atoms with Crippen molar-refractivity contribution in [2.75, 3.05) is 13.1 Å². The fraction of sp³-hybridized carbons (Fsp3) is 0.538. The van der Waals surface area contributed by atoms with Crippen LogP contribution in [0, 0.1) is 6.92 Å². The molecule has 0 aliphatic carbocycles. The summed E-state index contributed by atoms with van der Waals surface area (Å²) in [6.07, 6.45) is 0.803. The molecule has 0 bridgehead atoms. The van der Waals surface area contributed by atoms with Crippen molar-refractivity contribution in [1.82, 2.24) is 5.32 Å². The molecule has 5 nitrogen and oxygen atoms in total. The van der Waals surface area contributed by atoms with E-state index in [0.717, 1.165) is 18.7 Å². The summed E-state index contributed by atoms with van der Waals surface area (Å²) in [4.78, 5) is 0.114. The van der Waals surface area contributed by atoms with E-state index in [4.69, 9.17) is 16.5 Å². The number of nitrogens with zero attached hydrogens (tertiary/aromatic N) is 1. The van der Waals surface area contributed by atoms with Crippen LogP contribution in [0.3, 0.4) is 0 Å². The third kappa shape index (κ3) is 7.95. The Morgan fingerprint density at radius 3 is 2.00 bits per heavy atom. The molecule has 0 aromatic heterocycles. The minimum atomic E-state index is -3.62. The molecular weight excluding hydrogens is 323 g/mol. The van der Waals surface area contributed by atoms with E-state index in [9.17, 15) is 8.42 Å². The van der Waals surface area contributed by atoms with Crippen LogP contribution in [0.15, 0.2) is 29.2 Å². The van der Waals surface area contributed by atoms with Crippen LogP contribution in [-0.4, -0.2) is 33.7 Å². The molecule has 1 N–H and O–H groups in total. The molecule has 0 radical (unpaired) electrons. The first kappa shape index (κ1) is 21.3. The molecule has 114 valence electrons. The van der Waals surface area contributed by atoms with Gasteiger partial charge in [-0.3, -0.25) is 11.8 Å². The molecule has 0 saturated carbocycles. The first-order valence-electron chi connectivity index (χ1n) is 6.36. The number of hydrogen-bond acceptors (Lipinski definition) is 4. The Morgan fingerprint density at radius 2 is 1.67 bits per heavy atom. The van der Waals surface area contributed by atoms with Gasteiger partial charge in [-0.25, -0.2) is 8.42 Å². The van der Waals surface area contributed by atoms with E-state index in [1.807, 2.05) is 6.92 Å². The summed E-state index contributed by atoms with van der Waals surface area (Å²) in [5, 5.41) is 3.26. The average molecular weight is 343 g/mol. The molecule has 0 amide bonds. The molecular formula is C13H20ClN2NaO3S. The molecule has 2 atom stereocenters. The van der Waals surface area contributed by atoms with Gasteiger partial charge in [-0.1, -0.05) is 17.7 Å². The van der Waals surface area contributed by atoms with E-state index in [1.54, 1.807) is 12.1 Å². The number of benzene rings is 1. The SMILES string of the molecule is C[C@@H]1CNC[C@@H](C)O1.Cc1ccc(S(=O)(=O)[N-]Cl)cc1.[Na+]. The van der Waals surface area contributed by atoms with Gasteiger partial charge in [0.1, 0.15) is 10.0 Å². The van der Waals surface area contributed by atoms with Gasteiger partial charge in [0.05, 0.1) is 12.2 Å². The summed E-state index contributed by atoms with van der Waals surface area (Å²) in [5.41, 5.74) is 0.989. The van der Waals surface area contributed by atoms with Crippen molar-refractivity contribution in [1.29, 1.82) is 0 Å². The van der Waals surface area contributed by atoms with Crippen LogP contribution in [0.4, 0.5) is 0 Å². The number of ether oxygens (including phenoxy) is 1. The Labute approximate surface area is 154 Å². The van der Waals surface area contributed by atoms with Crippen LogP contribution in [0.5, 0.6) is 0 Å². The van der Waals surface area contributed by atoms with Gasteiger partial charge < -0.3 is 14.3 Å². The Morgan fingerprint density at radius 1 is 1.19 bits per heavy atom. The second-order valence-corrected chi connectivity index (χ2v) is 6.75. The molecule has 8 heteroatoms. The normalized spacial score (nSPS) is 21.7. The number of halogens is 1. The largest absolute Gasteiger partial charge is 1.00 e. The number of aryl methyl sites for hydroxylation is 1. The van der Waals surface area contributed by atoms with Gasteiger partial charge in [-0.15, -0.1) is 0 Å². The maximum Gasteiger partial charge on any atom is 1.00 e. The van der Waals surface area contributed by atoms with Crippen LogP contribution in [-0.2, 0) is 14.8 Å². The van der Waals surface area contributed by atoms with Crippen LogP contribution in [0.2, 0.25) is 0 Å². The van der Waals surface area contributed by atoms with Gasteiger partial charge in [0.2, 0.25) is 0 Å². The zero-order chi connectivity index (χ0) is 15.2. The van der Waals surface area contributed by atoms with Gasteiger partial charge in [-0.05, 0) is 32.9 Å². The molecule has 1 saturated heterocycles. The van der Waals surface area contributed by atoms with Crippen molar-refractivity contribution in [3.63, 3.8) is 0 Å². The molecule has 1 aromatic rings. The fourth-order valence-electron chi connectivity index (χ4n) is 1.73. The topological polar surface area (TPSA) is 69.5 Å². The molecule has 1 heterocycles. The molecule has 21 heavy (non-hydrogen) atoms. The van der Waals surface area contributed by atoms with E-state index in [0.29, 0.717) is 12.2 Å². The molecule has 1 aliphatic rings. The maximum atomic E-state index is 11.0. The second kappa shape index (κ2) is 10.2. The number of morpholine rings is 1. The van der Waals surface area contributed by atoms with Gasteiger partial charge >= 0.3 is 29.6 Å². The quantitative estimate of drug-likeness (QED) is 0.742. The van der Waals surface area contributed by atoms with Crippen molar-refractivity contribution in [2.24, 2.45) is 0 Å². The minimum absolute atomic E-state index is 0. The van der Waals surface area contributed by atoms with Gasteiger partial charge in [0.25, 0.3) is 0 Å². The predicted molar refractivity (Wildman–Crippen MR) is 80.5 cm³/mol. The summed E-state index contributed by atoms with van der Waals surface area (Å²) >= 11 is 4.90. The monoisotopic (exact) mass is 342 g/mol. The van der Waals surface area contributed by atoms with Crippen molar-refractivity contribution < 1.29 is 42.7 Å². The third-order valence-corrected chi connectivity index (χ3v) is 4.33. The van der Waals surface area contributed by atoms with Crippen LogP contribution >= 0.6 is 11.8 Å². The summed E-state index contributed by atoms with van der Waals surface area (Å²) in [7, 11) is -3.62. The first-order chi connectivity index (χ1) is 9.35. The molecule has 1 fully saturated rings. The average Bonchev–Trinajstić information content (AvgIpc) is 2.39. The Hall–Kier alpha value is 0.340. The predicted octanol–water partition coefficient (Wildman–Crippen LogP) is -0.402. The second-order valence-electron chi connectivity index (χ2n) is 4.77. The van der Waals surface area contributed by atoms with Gasteiger partial charge in [0.15, 0.2) is 0 Å². The Kier molecular flexibility index (Phi) is 10.3. The van der Waals surface area contributed by atoms with Gasteiger partial charge in [0, 0.05) is 18.0 Å². The molecule has 1 aromatic carbocycles. The van der Waals surface area contributed by atoms with Gasteiger partial charge in [-0.2, -0.15) is 0 Å².